The van der Waals surface area contributed by atoms with Crippen molar-refractivity contribution >= 4 is 11.4 Å². The van der Waals surface area contributed by atoms with Gasteiger partial charge in [-0.2, -0.15) is 0 Å². The first-order chi connectivity index (χ1) is 12.6. The van der Waals surface area contributed by atoms with Gasteiger partial charge in [-0.3, -0.25) is 9.98 Å². The largest absolute Gasteiger partial charge is 0.507 e. The summed E-state index contributed by atoms with van der Waals surface area (Å²) in [6, 6.07) is 14.8. The Hall–Kier alpha value is -2.62. The molecule has 0 saturated heterocycles. The van der Waals surface area contributed by atoms with Crippen LogP contribution in [0.5, 0.6) is 11.5 Å². The minimum atomic E-state index is 0.101. The fourth-order valence-electron chi connectivity index (χ4n) is 3.59. The van der Waals surface area contributed by atoms with E-state index < -0.39 is 0 Å². The van der Waals surface area contributed by atoms with Gasteiger partial charge in [-0.1, -0.05) is 37.1 Å². The zero-order valence-corrected chi connectivity index (χ0v) is 15.4. The Kier molecular flexibility index (Phi) is 5.71. The second kappa shape index (κ2) is 8.17. The fraction of sp³-hybridized carbons (Fsp3) is 0.364. The first kappa shape index (κ1) is 18.2. The zero-order valence-electron chi connectivity index (χ0n) is 15.4. The van der Waals surface area contributed by atoms with Crippen molar-refractivity contribution in [2.45, 2.75) is 51.6 Å². The molecule has 2 N–H and O–H groups in total. The van der Waals surface area contributed by atoms with E-state index in [0.29, 0.717) is 0 Å². The summed E-state index contributed by atoms with van der Waals surface area (Å²) in [6.45, 7) is 3.89. The van der Waals surface area contributed by atoms with E-state index in [-0.39, 0.29) is 23.6 Å². The third-order valence-corrected chi connectivity index (χ3v) is 5.00. The SMILES string of the molecule is C/C(=N\C1CCCCC1/N=C(\C)c1ccccc1O)c1ccccc1O. The van der Waals surface area contributed by atoms with Gasteiger partial charge in [0.25, 0.3) is 0 Å². The van der Waals surface area contributed by atoms with E-state index >= 15 is 0 Å². The molecule has 1 aliphatic carbocycles. The second-order valence-electron chi connectivity index (χ2n) is 6.88. The van der Waals surface area contributed by atoms with Gasteiger partial charge in [-0.05, 0) is 51.0 Å². The summed E-state index contributed by atoms with van der Waals surface area (Å²) < 4.78 is 0. The smallest absolute Gasteiger partial charge is 0.124 e. The Balaban J connectivity index is 1.86. The lowest BCUT2D eigenvalue weighted by Crippen LogP contribution is -2.29. The number of aliphatic imine (C=N–C) groups is 2. The molecule has 3 rings (SSSR count). The summed E-state index contributed by atoms with van der Waals surface area (Å²) in [5, 5.41) is 20.1. The van der Waals surface area contributed by atoms with Crippen LogP contribution >= 0.6 is 0 Å². The third kappa shape index (κ3) is 4.13. The van der Waals surface area contributed by atoms with Gasteiger partial charge >= 0.3 is 0 Å². The molecular weight excluding hydrogens is 324 g/mol. The lowest BCUT2D eigenvalue weighted by molar-refractivity contribution is 0.388. The Morgan fingerprint density at radius 2 is 1.12 bits per heavy atom. The van der Waals surface area contributed by atoms with E-state index in [1.54, 1.807) is 12.1 Å². The Labute approximate surface area is 155 Å². The van der Waals surface area contributed by atoms with Crippen LogP contribution in [-0.4, -0.2) is 33.7 Å². The summed E-state index contributed by atoms with van der Waals surface area (Å²) in [4.78, 5) is 9.81. The molecule has 0 radical (unpaired) electrons. The number of phenolic OH excluding ortho intramolecular Hbond substituents is 2. The van der Waals surface area contributed by atoms with Crippen LogP contribution in [0, 0.1) is 0 Å². The van der Waals surface area contributed by atoms with E-state index in [2.05, 4.69) is 0 Å². The molecule has 26 heavy (non-hydrogen) atoms. The van der Waals surface area contributed by atoms with Gasteiger partial charge < -0.3 is 10.2 Å². The van der Waals surface area contributed by atoms with Gasteiger partial charge in [0.2, 0.25) is 0 Å². The highest BCUT2D eigenvalue weighted by atomic mass is 16.3. The molecule has 1 aliphatic rings. The number of hydrogen-bond acceptors (Lipinski definition) is 4. The van der Waals surface area contributed by atoms with E-state index in [0.717, 1.165) is 48.2 Å². The van der Waals surface area contributed by atoms with Crippen molar-refractivity contribution in [1.82, 2.24) is 0 Å². The van der Waals surface area contributed by atoms with Gasteiger partial charge in [0.15, 0.2) is 0 Å². The molecule has 0 amide bonds. The molecule has 2 aromatic carbocycles. The van der Waals surface area contributed by atoms with Crippen LogP contribution in [0.25, 0.3) is 0 Å². The lowest BCUT2D eigenvalue weighted by Gasteiger charge is -2.27. The summed E-state index contributed by atoms with van der Waals surface area (Å²) in [5.74, 6) is 0.519. The van der Waals surface area contributed by atoms with Gasteiger partial charge in [-0.25, -0.2) is 0 Å². The zero-order chi connectivity index (χ0) is 18.5. The predicted molar refractivity (Wildman–Crippen MR) is 107 cm³/mol. The predicted octanol–water partition coefficient (Wildman–Crippen LogP) is 4.73. The standard InChI is InChI=1S/C22H26N2O2/c1-15(17-9-3-7-13-21(17)25)23-19-11-5-6-12-20(19)24-16(2)18-10-4-8-14-22(18)26/h3-4,7-10,13-14,19-20,25-26H,5-6,11-12H2,1-2H3/b23-15+,24-16+. The molecule has 4 nitrogen and oxygen atoms in total. The molecule has 2 atom stereocenters. The van der Waals surface area contributed by atoms with Crippen molar-refractivity contribution in [3.8, 4) is 11.5 Å². The minimum Gasteiger partial charge on any atom is -0.507 e. The summed E-state index contributed by atoms with van der Waals surface area (Å²) in [6.07, 6.45) is 4.27. The number of rotatable bonds is 4. The highest BCUT2D eigenvalue weighted by molar-refractivity contribution is 6.02. The third-order valence-electron chi connectivity index (χ3n) is 5.00. The van der Waals surface area contributed by atoms with Crippen LogP contribution < -0.4 is 0 Å². The monoisotopic (exact) mass is 350 g/mol. The molecule has 4 heteroatoms. The second-order valence-corrected chi connectivity index (χ2v) is 6.88. The molecule has 0 aliphatic heterocycles. The van der Waals surface area contributed by atoms with Gasteiger partial charge in [0.05, 0.1) is 12.1 Å². The summed E-state index contributed by atoms with van der Waals surface area (Å²) in [5.41, 5.74) is 3.24. The molecule has 0 heterocycles. The average Bonchev–Trinajstić information content (AvgIpc) is 2.64. The summed E-state index contributed by atoms with van der Waals surface area (Å²) in [7, 11) is 0. The van der Waals surface area contributed by atoms with Crippen LogP contribution in [0.3, 0.4) is 0 Å². The fourth-order valence-corrected chi connectivity index (χ4v) is 3.59. The summed E-state index contributed by atoms with van der Waals surface area (Å²) >= 11 is 0. The van der Waals surface area contributed by atoms with E-state index in [1.807, 2.05) is 50.2 Å². The highest BCUT2D eigenvalue weighted by Gasteiger charge is 2.25. The van der Waals surface area contributed by atoms with Crippen LogP contribution in [0.15, 0.2) is 58.5 Å². The Morgan fingerprint density at radius 3 is 1.50 bits per heavy atom. The number of aromatic hydroxyl groups is 2. The number of hydrogen-bond donors (Lipinski definition) is 2. The van der Waals surface area contributed by atoms with Gasteiger partial charge in [-0.15, -0.1) is 0 Å². The first-order valence-corrected chi connectivity index (χ1v) is 9.22. The van der Waals surface area contributed by atoms with Crippen molar-refractivity contribution in [3.05, 3.63) is 59.7 Å². The average molecular weight is 350 g/mol. The molecule has 0 bridgehead atoms. The van der Waals surface area contributed by atoms with E-state index in [4.69, 9.17) is 9.98 Å². The van der Waals surface area contributed by atoms with Crippen molar-refractivity contribution in [1.29, 1.82) is 0 Å². The maximum Gasteiger partial charge on any atom is 0.124 e. The number of nitrogens with zero attached hydrogens (tertiary/aromatic N) is 2. The lowest BCUT2D eigenvalue weighted by atomic mass is 9.90. The number of benzene rings is 2. The van der Waals surface area contributed by atoms with Crippen LogP contribution in [0.2, 0.25) is 0 Å². The van der Waals surface area contributed by atoms with Crippen molar-refractivity contribution < 1.29 is 10.2 Å². The molecule has 136 valence electrons. The van der Waals surface area contributed by atoms with Crippen molar-refractivity contribution in [2.75, 3.05) is 0 Å². The molecular formula is C22H26N2O2. The number of para-hydroxylation sites is 2. The van der Waals surface area contributed by atoms with Crippen molar-refractivity contribution in [3.63, 3.8) is 0 Å². The topological polar surface area (TPSA) is 65.2 Å². The van der Waals surface area contributed by atoms with Crippen LogP contribution in [-0.2, 0) is 0 Å². The molecule has 2 aromatic rings. The maximum absolute atomic E-state index is 10.1. The quantitative estimate of drug-likeness (QED) is 0.783. The molecule has 0 spiro atoms. The molecule has 1 fully saturated rings. The molecule has 2 unspecified atom stereocenters. The maximum atomic E-state index is 10.1. The van der Waals surface area contributed by atoms with Crippen LogP contribution in [0.1, 0.15) is 50.7 Å². The first-order valence-electron chi connectivity index (χ1n) is 9.22. The van der Waals surface area contributed by atoms with Gasteiger partial charge in [0.1, 0.15) is 11.5 Å². The minimum absolute atomic E-state index is 0.101. The highest BCUT2D eigenvalue weighted by Crippen LogP contribution is 2.27. The van der Waals surface area contributed by atoms with E-state index in [9.17, 15) is 10.2 Å². The number of phenols is 2. The Bertz CT molecular complexity index is 757. The van der Waals surface area contributed by atoms with Crippen LogP contribution in [0.4, 0.5) is 0 Å². The Morgan fingerprint density at radius 1 is 0.731 bits per heavy atom. The van der Waals surface area contributed by atoms with E-state index in [1.165, 1.54) is 0 Å². The van der Waals surface area contributed by atoms with Crippen molar-refractivity contribution in [2.24, 2.45) is 9.98 Å². The normalized spacial score (nSPS) is 21.6. The van der Waals surface area contributed by atoms with Gasteiger partial charge in [0, 0.05) is 22.6 Å². The molecule has 1 saturated carbocycles. The molecule has 0 aromatic heterocycles.